The lowest BCUT2D eigenvalue weighted by Crippen LogP contribution is -1.85. The average Bonchev–Trinajstić information content (AvgIpc) is 3.07. The van der Waals surface area contributed by atoms with E-state index in [9.17, 15) is 0 Å². The fourth-order valence-corrected chi connectivity index (χ4v) is 2.85. The molecule has 0 saturated carbocycles. The Morgan fingerprint density at radius 1 is 0.923 bits per heavy atom. The van der Waals surface area contributed by atoms with Crippen molar-refractivity contribution in [3.05, 3.63) is 78.5 Å². The third-order valence-electron chi connectivity index (χ3n) is 4.18. The van der Waals surface area contributed by atoms with Crippen LogP contribution in [0.25, 0.3) is 16.9 Å². The molecule has 5 nitrogen and oxygen atoms in total. The summed E-state index contributed by atoms with van der Waals surface area (Å²) in [5, 5.41) is 8.91. The Bertz CT molecular complexity index is 1080. The van der Waals surface area contributed by atoms with Crippen molar-refractivity contribution in [2.45, 2.75) is 6.92 Å². The van der Waals surface area contributed by atoms with E-state index in [1.807, 2.05) is 84.3 Å². The number of rotatable bonds is 4. The summed E-state index contributed by atoms with van der Waals surface area (Å²) in [7, 11) is 1.66. The molecule has 0 aliphatic heterocycles. The van der Waals surface area contributed by atoms with Crippen LogP contribution in [-0.2, 0) is 0 Å². The van der Waals surface area contributed by atoms with Crippen molar-refractivity contribution in [1.82, 2.24) is 9.38 Å². The zero-order chi connectivity index (χ0) is 17.9. The number of imidazole rings is 1. The lowest BCUT2D eigenvalue weighted by molar-refractivity contribution is 0.415. The van der Waals surface area contributed by atoms with Gasteiger partial charge in [0, 0.05) is 11.8 Å². The molecule has 0 unspecified atom stereocenters. The predicted molar refractivity (Wildman–Crippen MR) is 103 cm³/mol. The standard InChI is InChI=1S/C21H18N4O/c1-15-8-7-13-25-20(15)22-19(16-9-6-12-18(14-16)26-2)21(25)24-23-17-10-4-3-5-11-17/h3-14H,1-2H3. The maximum absolute atomic E-state index is 5.35. The van der Waals surface area contributed by atoms with E-state index >= 15 is 0 Å². The number of fused-ring (bicyclic) bond motifs is 1. The van der Waals surface area contributed by atoms with Crippen molar-refractivity contribution in [3.63, 3.8) is 0 Å². The molecule has 0 aliphatic rings. The lowest BCUT2D eigenvalue weighted by atomic mass is 10.1. The molecule has 128 valence electrons. The predicted octanol–water partition coefficient (Wildman–Crippen LogP) is 5.73. The Morgan fingerprint density at radius 3 is 2.58 bits per heavy atom. The number of ether oxygens (including phenoxy) is 1. The topological polar surface area (TPSA) is 51.2 Å². The summed E-state index contributed by atoms with van der Waals surface area (Å²) < 4.78 is 7.32. The first-order valence-corrected chi connectivity index (χ1v) is 8.35. The minimum Gasteiger partial charge on any atom is -0.497 e. The van der Waals surface area contributed by atoms with Crippen molar-refractivity contribution in [2.24, 2.45) is 10.2 Å². The molecule has 0 amide bonds. The van der Waals surface area contributed by atoms with Crippen LogP contribution in [0, 0.1) is 6.92 Å². The second-order valence-electron chi connectivity index (χ2n) is 5.94. The highest BCUT2D eigenvalue weighted by molar-refractivity contribution is 5.76. The second-order valence-corrected chi connectivity index (χ2v) is 5.94. The van der Waals surface area contributed by atoms with Gasteiger partial charge in [0.05, 0.1) is 12.8 Å². The van der Waals surface area contributed by atoms with Gasteiger partial charge in [-0.1, -0.05) is 36.4 Å². The van der Waals surface area contributed by atoms with Gasteiger partial charge in [-0.2, -0.15) is 0 Å². The molecule has 2 aromatic carbocycles. The maximum atomic E-state index is 5.35. The molecule has 0 atom stereocenters. The molecule has 0 aliphatic carbocycles. The highest BCUT2D eigenvalue weighted by atomic mass is 16.5. The summed E-state index contributed by atoms with van der Waals surface area (Å²) in [5.41, 5.74) is 4.46. The molecule has 0 N–H and O–H groups in total. The first-order chi connectivity index (χ1) is 12.8. The van der Waals surface area contributed by atoms with Crippen LogP contribution >= 0.6 is 0 Å². The summed E-state index contributed by atoms with van der Waals surface area (Å²) in [4.78, 5) is 4.82. The number of hydrogen-bond donors (Lipinski definition) is 0. The monoisotopic (exact) mass is 342 g/mol. The van der Waals surface area contributed by atoms with Crippen LogP contribution in [0.4, 0.5) is 11.5 Å². The van der Waals surface area contributed by atoms with Gasteiger partial charge in [-0.3, -0.25) is 4.40 Å². The van der Waals surface area contributed by atoms with Crippen molar-refractivity contribution in [2.75, 3.05) is 7.11 Å². The van der Waals surface area contributed by atoms with Crippen molar-refractivity contribution >= 4 is 17.2 Å². The minimum atomic E-state index is 0.695. The number of azo groups is 1. The third-order valence-corrected chi connectivity index (χ3v) is 4.18. The molecule has 26 heavy (non-hydrogen) atoms. The molecule has 5 heteroatoms. The van der Waals surface area contributed by atoms with E-state index in [0.717, 1.165) is 33.9 Å². The molecule has 2 heterocycles. The van der Waals surface area contributed by atoms with Crippen LogP contribution in [-0.4, -0.2) is 16.5 Å². The van der Waals surface area contributed by atoms with Crippen LogP contribution < -0.4 is 4.74 Å². The van der Waals surface area contributed by atoms with Crippen LogP contribution in [0.15, 0.2) is 83.2 Å². The summed E-state index contributed by atoms with van der Waals surface area (Å²) >= 11 is 0. The first kappa shape index (κ1) is 16.0. The van der Waals surface area contributed by atoms with Crippen LogP contribution in [0.3, 0.4) is 0 Å². The fourth-order valence-electron chi connectivity index (χ4n) is 2.85. The summed E-state index contributed by atoms with van der Waals surface area (Å²) in [6.45, 7) is 2.04. The van der Waals surface area contributed by atoms with Gasteiger partial charge in [0.25, 0.3) is 0 Å². The van der Waals surface area contributed by atoms with Crippen LogP contribution in [0.1, 0.15) is 5.56 Å². The van der Waals surface area contributed by atoms with Gasteiger partial charge in [0.2, 0.25) is 0 Å². The Balaban J connectivity index is 1.91. The number of pyridine rings is 1. The zero-order valence-corrected chi connectivity index (χ0v) is 14.6. The number of methoxy groups -OCH3 is 1. The van der Waals surface area contributed by atoms with E-state index in [1.165, 1.54) is 0 Å². The van der Waals surface area contributed by atoms with Gasteiger partial charge >= 0.3 is 0 Å². The molecule has 4 aromatic rings. The third kappa shape index (κ3) is 2.95. The second kappa shape index (κ2) is 6.80. The quantitative estimate of drug-likeness (QED) is 0.444. The van der Waals surface area contributed by atoms with Crippen molar-refractivity contribution in [3.8, 4) is 17.0 Å². The first-order valence-electron chi connectivity index (χ1n) is 8.35. The highest BCUT2D eigenvalue weighted by Gasteiger charge is 2.15. The average molecular weight is 342 g/mol. The number of hydrogen-bond acceptors (Lipinski definition) is 4. The van der Waals surface area contributed by atoms with Crippen LogP contribution in [0.2, 0.25) is 0 Å². The summed E-state index contributed by atoms with van der Waals surface area (Å²) in [6.07, 6.45) is 1.96. The number of benzene rings is 2. The van der Waals surface area contributed by atoms with Gasteiger partial charge in [0.15, 0.2) is 5.82 Å². The largest absolute Gasteiger partial charge is 0.497 e. The van der Waals surface area contributed by atoms with Crippen molar-refractivity contribution in [1.29, 1.82) is 0 Å². The smallest absolute Gasteiger partial charge is 0.187 e. The Labute approximate surface area is 151 Å². The van der Waals surface area contributed by atoms with E-state index in [2.05, 4.69) is 10.2 Å². The van der Waals surface area contributed by atoms with Gasteiger partial charge in [-0.05, 0) is 42.8 Å². The molecule has 0 bridgehead atoms. The van der Waals surface area contributed by atoms with Crippen molar-refractivity contribution < 1.29 is 4.74 Å². The zero-order valence-electron chi connectivity index (χ0n) is 14.6. The molecule has 0 spiro atoms. The van der Waals surface area contributed by atoms with Crippen LogP contribution in [0.5, 0.6) is 5.75 Å². The Hall–Kier alpha value is -3.47. The molecule has 0 fully saturated rings. The normalized spacial score (nSPS) is 11.3. The number of aromatic nitrogens is 2. The minimum absolute atomic E-state index is 0.695. The van der Waals surface area contributed by atoms with E-state index in [-0.39, 0.29) is 0 Å². The maximum Gasteiger partial charge on any atom is 0.187 e. The fraction of sp³-hybridized carbons (Fsp3) is 0.0952. The van der Waals surface area contributed by atoms with Gasteiger partial charge in [-0.25, -0.2) is 4.98 Å². The highest BCUT2D eigenvalue weighted by Crippen LogP contribution is 2.34. The molecular formula is C21H18N4O. The van der Waals surface area contributed by atoms with E-state index in [1.54, 1.807) is 7.11 Å². The SMILES string of the molecule is COc1cccc(-c2nc3c(C)cccn3c2N=Nc2ccccc2)c1. The molecule has 2 aromatic heterocycles. The molecule has 0 saturated heterocycles. The van der Waals surface area contributed by atoms with E-state index in [0.29, 0.717) is 5.82 Å². The molecule has 0 radical (unpaired) electrons. The summed E-state index contributed by atoms with van der Waals surface area (Å²) in [6, 6.07) is 21.5. The summed E-state index contributed by atoms with van der Waals surface area (Å²) in [5.74, 6) is 1.48. The Morgan fingerprint density at radius 2 is 1.77 bits per heavy atom. The van der Waals surface area contributed by atoms with Gasteiger partial charge in [-0.15, -0.1) is 10.2 Å². The van der Waals surface area contributed by atoms with Gasteiger partial charge < -0.3 is 4.74 Å². The lowest BCUT2D eigenvalue weighted by Gasteiger charge is -2.03. The molecule has 4 rings (SSSR count). The number of aryl methyl sites for hydroxylation is 1. The molecular weight excluding hydrogens is 324 g/mol. The van der Waals surface area contributed by atoms with E-state index in [4.69, 9.17) is 9.72 Å². The number of nitrogens with zero attached hydrogens (tertiary/aromatic N) is 4. The van der Waals surface area contributed by atoms with Gasteiger partial charge in [0.1, 0.15) is 17.1 Å². The Kier molecular flexibility index (Phi) is 4.19. The van der Waals surface area contributed by atoms with E-state index < -0.39 is 0 Å².